The van der Waals surface area contributed by atoms with Crippen LogP contribution >= 0.6 is 0 Å². The number of nitrogen functional groups attached to an aromatic ring is 1. The minimum Gasteiger partial charge on any atom is -0.467 e. The quantitative estimate of drug-likeness (QED) is 0.550. The highest BCUT2D eigenvalue weighted by Crippen LogP contribution is 2.34. The molecule has 0 aliphatic carbocycles. The monoisotopic (exact) mass is 495 g/mol. The summed E-state index contributed by atoms with van der Waals surface area (Å²) in [6.07, 6.45) is 0.978. The smallest absolute Gasteiger partial charge is 0.258 e. The van der Waals surface area contributed by atoms with Crippen molar-refractivity contribution >= 4 is 15.5 Å². The van der Waals surface area contributed by atoms with Crippen LogP contribution in [0.25, 0.3) is 11.3 Å². The summed E-state index contributed by atoms with van der Waals surface area (Å²) in [4.78, 5) is 8.81. The van der Waals surface area contributed by atoms with E-state index in [0.717, 1.165) is 16.7 Å². The summed E-state index contributed by atoms with van der Waals surface area (Å²) in [6, 6.07) is 8.00. The van der Waals surface area contributed by atoms with Crippen LogP contribution in [0.1, 0.15) is 55.0 Å². The van der Waals surface area contributed by atoms with Crippen molar-refractivity contribution in [1.29, 1.82) is 5.26 Å². The molecule has 2 bridgehead atoms. The molecule has 1 unspecified atom stereocenters. The Morgan fingerprint density at radius 2 is 2.14 bits per heavy atom. The normalized spacial score (nSPS) is 19.9. The fourth-order valence-corrected chi connectivity index (χ4v) is 6.21. The summed E-state index contributed by atoms with van der Waals surface area (Å²) in [6.45, 7) is 7.06. The minimum atomic E-state index is -2.98. The first-order valence-electron chi connectivity index (χ1n) is 11.1. The van der Waals surface area contributed by atoms with Crippen LogP contribution < -0.4 is 10.5 Å². The molecule has 1 aliphatic rings. The lowest BCUT2D eigenvalue weighted by Gasteiger charge is -2.22. The van der Waals surface area contributed by atoms with Gasteiger partial charge in [-0.2, -0.15) is 10.4 Å². The Balaban J connectivity index is 2.02. The van der Waals surface area contributed by atoms with Gasteiger partial charge in [0.05, 0.1) is 56.5 Å². The van der Waals surface area contributed by atoms with Crippen molar-refractivity contribution in [3.63, 3.8) is 0 Å². The van der Waals surface area contributed by atoms with Crippen LogP contribution in [-0.2, 0) is 28.3 Å². The number of rotatable bonds is 2. The zero-order valence-electron chi connectivity index (χ0n) is 20.4. The highest BCUT2D eigenvalue weighted by atomic mass is 32.2. The SMILES string of the molecule is Cc1ccc2c(c1)[C@@H](C)Oc1nc(cnc1N)-c1c(nn(C)c1C#N)CS(=O)(=NCC(C)(C)O)C2. The molecule has 0 saturated carbocycles. The van der Waals surface area contributed by atoms with Crippen molar-refractivity contribution in [2.24, 2.45) is 11.4 Å². The topological polar surface area (TPSA) is 152 Å². The minimum absolute atomic E-state index is 0.0157. The van der Waals surface area contributed by atoms with E-state index in [1.807, 2.05) is 32.0 Å². The maximum absolute atomic E-state index is 14.4. The van der Waals surface area contributed by atoms with Gasteiger partial charge in [-0.15, -0.1) is 0 Å². The van der Waals surface area contributed by atoms with Gasteiger partial charge in [0.2, 0.25) is 0 Å². The van der Waals surface area contributed by atoms with Gasteiger partial charge in [-0.3, -0.25) is 4.68 Å². The van der Waals surface area contributed by atoms with Crippen LogP contribution in [0.5, 0.6) is 5.88 Å². The average molecular weight is 496 g/mol. The molecule has 4 rings (SSSR count). The third-order valence-corrected chi connectivity index (χ3v) is 7.79. The zero-order valence-corrected chi connectivity index (χ0v) is 21.3. The Bertz CT molecular complexity index is 1460. The summed E-state index contributed by atoms with van der Waals surface area (Å²) in [7, 11) is -1.33. The number of aliphatic hydroxyl groups is 1. The molecule has 35 heavy (non-hydrogen) atoms. The summed E-state index contributed by atoms with van der Waals surface area (Å²) >= 11 is 0. The summed E-state index contributed by atoms with van der Waals surface area (Å²) in [5.41, 5.74) is 9.00. The van der Waals surface area contributed by atoms with Gasteiger partial charge in [0, 0.05) is 7.05 Å². The second-order valence-corrected chi connectivity index (χ2v) is 11.9. The van der Waals surface area contributed by atoms with Crippen LogP contribution in [0.15, 0.2) is 28.8 Å². The Hall–Kier alpha value is -3.49. The van der Waals surface area contributed by atoms with E-state index in [1.165, 1.54) is 10.9 Å². The number of hydrogen-bond acceptors (Lipinski definition) is 9. The predicted octanol–water partition coefficient (Wildman–Crippen LogP) is 3.03. The number of nitrogens with two attached hydrogens (primary N) is 1. The molecule has 1 aliphatic heterocycles. The van der Waals surface area contributed by atoms with Crippen molar-refractivity contribution in [3.05, 3.63) is 52.5 Å². The van der Waals surface area contributed by atoms with Crippen molar-refractivity contribution < 1.29 is 14.1 Å². The first-order chi connectivity index (χ1) is 16.4. The van der Waals surface area contributed by atoms with E-state index < -0.39 is 21.4 Å². The van der Waals surface area contributed by atoms with E-state index in [-0.39, 0.29) is 35.4 Å². The van der Waals surface area contributed by atoms with Gasteiger partial charge in [0.15, 0.2) is 5.82 Å². The van der Waals surface area contributed by atoms with Crippen LogP contribution in [0.4, 0.5) is 5.82 Å². The lowest BCUT2D eigenvalue weighted by Crippen LogP contribution is -2.24. The van der Waals surface area contributed by atoms with E-state index in [0.29, 0.717) is 17.0 Å². The number of aromatic nitrogens is 4. The highest BCUT2D eigenvalue weighted by molar-refractivity contribution is 7.92. The molecular weight excluding hydrogens is 466 g/mol. The van der Waals surface area contributed by atoms with Crippen molar-refractivity contribution in [3.8, 4) is 23.2 Å². The molecule has 1 aromatic carbocycles. The number of anilines is 1. The van der Waals surface area contributed by atoms with Gasteiger partial charge in [0.25, 0.3) is 5.88 Å². The van der Waals surface area contributed by atoms with Crippen molar-refractivity contribution in [2.75, 3.05) is 12.3 Å². The number of nitrogens with zero attached hydrogens (tertiary/aromatic N) is 6. The van der Waals surface area contributed by atoms with Gasteiger partial charge < -0.3 is 15.6 Å². The highest BCUT2D eigenvalue weighted by Gasteiger charge is 2.28. The fraction of sp³-hybridized carbons (Fsp3) is 0.417. The number of fused-ring (bicyclic) bond motifs is 5. The maximum Gasteiger partial charge on any atom is 0.258 e. The van der Waals surface area contributed by atoms with Gasteiger partial charge in [-0.1, -0.05) is 23.8 Å². The molecule has 0 spiro atoms. The second-order valence-electron chi connectivity index (χ2n) is 9.47. The van der Waals surface area contributed by atoms with Crippen LogP contribution in [0.3, 0.4) is 0 Å². The van der Waals surface area contributed by atoms with E-state index in [9.17, 15) is 14.6 Å². The van der Waals surface area contributed by atoms with Crippen LogP contribution in [0, 0.1) is 18.3 Å². The average Bonchev–Trinajstić information content (AvgIpc) is 3.08. The molecule has 184 valence electrons. The summed E-state index contributed by atoms with van der Waals surface area (Å²) in [5.74, 6) is 0.367. The number of nitriles is 1. The van der Waals surface area contributed by atoms with Gasteiger partial charge >= 0.3 is 0 Å². The molecule has 3 heterocycles. The molecule has 2 atom stereocenters. The molecule has 2 aromatic heterocycles. The molecule has 10 nitrogen and oxygen atoms in total. The van der Waals surface area contributed by atoms with Gasteiger partial charge in [0.1, 0.15) is 17.9 Å². The molecule has 0 amide bonds. The van der Waals surface area contributed by atoms with Gasteiger partial charge in [-0.05, 0) is 38.8 Å². The van der Waals surface area contributed by atoms with E-state index in [4.69, 9.17) is 10.5 Å². The van der Waals surface area contributed by atoms with Crippen LogP contribution in [-0.4, -0.2) is 41.2 Å². The molecule has 3 aromatic rings. The predicted molar refractivity (Wildman–Crippen MR) is 133 cm³/mol. The molecular formula is C24H29N7O3S. The van der Waals surface area contributed by atoms with E-state index >= 15 is 0 Å². The van der Waals surface area contributed by atoms with E-state index in [2.05, 4.69) is 25.5 Å². The first-order valence-corrected chi connectivity index (χ1v) is 13.0. The number of aryl methyl sites for hydroxylation is 2. The van der Waals surface area contributed by atoms with Crippen molar-refractivity contribution in [1.82, 2.24) is 19.7 Å². The van der Waals surface area contributed by atoms with Gasteiger partial charge in [-0.25, -0.2) is 18.5 Å². The molecule has 3 N–H and O–H groups in total. The lowest BCUT2D eigenvalue weighted by atomic mass is 10.0. The molecule has 0 radical (unpaired) electrons. The third kappa shape index (κ3) is 5.13. The Morgan fingerprint density at radius 3 is 2.83 bits per heavy atom. The molecule has 11 heteroatoms. The Labute approximate surface area is 205 Å². The fourth-order valence-electron chi connectivity index (χ4n) is 4.00. The first kappa shape index (κ1) is 24.6. The van der Waals surface area contributed by atoms with Crippen molar-refractivity contribution in [2.45, 2.75) is 50.9 Å². The summed E-state index contributed by atoms with van der Waals surface area (Å²) < 4.78 is 26.5. The zero-order chi connectivity index (χ0) is 25.5. The molecule has 0 fully saturated rings. The number of hydrogen-bond donors (Lipinski definition) is 2. The number of ether oxygens (including phenoxy) is 1. The third-order valence-electron chi connectivity index (χ3n) is 5.71. The maximum atomic E-state index is 14.4. The molecule has 0 saturated heterocycles. The van der Waals surface area contributed by atoms with E-state index in [1.54, 1.807) is 20.9 Å². The lowest BCUT2D eigenvalue weighted by molar-refractivity contribution is 0.0908. The largest absolute Gasteiger partial charge is 0.467 e. The standard InChI is InChI=1S/C24H29N7O3S/c1-14-6-7-16-11-35(33,28-13-24(3,4)32)12-19-21(20(9-25)31(5)30-19)18-10-27-22(26)23(29-18)34-15(2)17(16)8-14/h6-8,10,15,32H,11-13H2,1-5H3,(H2,26,27)/t15-,35?/m1/s1. The second kappa shape index (κ2) is 8.94. The van der Waals surface area contributed by atoms with Crippen LogP contribution in [0.2, 0.25) is 0 Å². The number of benzene rings is 1. The Morgan fingerprint density at radius 1 is 1.40 bits per heavy atom. The Kier molecular flexibility index (Phi) is 6.29. The summed E-state index contributed by atoms with van der Waals surface area (Å²) in [5, 5.41) is 24.6.